The highest BCUT2D eigenvalue weighted by Gasteiger charge is 2.37. The third-order valence-corrected chi connectivity index (χ3v) is 3.67. The average Bonchev–Trinajstić information content (AvgIpc) is 2.27. The number of rotatable bonds is 2. The van der Waals surface area contributed by atoms with Crippen LogP contribution in [-0.4, -0.2) is 22.5 Å². The average molecular weight is 248 g/mol. The Bertz CT molecular complexity index is 508. The number of carbonyl (C=O) groups excluding carboxylic acids is 3. The van der Waals surface area contributed by atoms with Crippen molar-refractivity contribution in [1.29, 1.82) is 0 Å². The Labute approximate surface area is 105 Å². The molecule has 0 aromatic rings. The van der Waals surface area contributed by atoms with Gasteiger partial charge in [0, 0.05) is 12.8 Å². The molecule has 0 bridgehead atoms. The van der Waals surface area contributed by atoms with Gasteiger partial charge in [-0.15, -0.1) is 0 Å². The van der Waals surface area contributed by atoms with E-state index in [0.29, 0.717) is 31.3 Å². The van der Waals surface area contributed by atoms with E-state index in [-0.39, 0.29) is 40.2 Å². The van der Waals surface area contributed by atoms with Crippen molar-refractivity contribution in [3.8, 4) is 0 Å². The Morgan fingerprint density at radius 3 is 2.17 bits per heavy atom. The van der Waals surface area contributed by atoms with Crippen molar-refractivity contribution in [3.05, 3.63) is 22.5 Å². The predicted octanol–water partition coefficient (Wildman–Crippen LogP) is 2.05. The largest absolute Gasteiger partial charge is 0.512 e. The molecule has 0 fully saturated rings. The number of Topliss-reactive ketones (excluding diaryl/α,β-unsaturated/α-hetero) is 3. The highest BCUT2D eigenvalue weighted by Crippen LogP contribution is 2.41. The Hall–Kier alpha value is -1.71. The number of allylic oxidation sites excluding steroid dienone is 4. The van der Waals surface area contributed by atoms with E-state index in [1.807, 2.05) is 0 Å². The first kappa shape index (κ1) is 12.7. The molecule has 4 nitrogen and oxygen atoms in total. The Morgan fingerprint density at radius 1 is 1.06 bits per heavy atom. The van der Waals surface area contributed by atoms with Crippen LogP contribution < -0.4 is 0 Å². The van der Waals surface area contributed by atoms with Crippen LogP contribution in [-0.2, 0) is 14.4 Å². The smallest absolute Gasteiger partial charge is 0.166 e. The van der Waals surface area contributed by atoms with E-state index in [1.165, 1.54) is 13.8 Å². The summed E-state index contributed by atoms with van der Waals surface area (Å²) < 4.78 is 0. The molecule has 96 valence electrons. The Balaban J connectivity index is 2.71. The highest BCUT2D eigenvalue weighted by atomic mass is 16.3. The summed E-state index contributed by atoms with van der Waals surface area (Å²) in [5.41, 5.74) is 0.821. The van der Waals surface area contributed by atoms with E-state index in [4.69, 9.17) is 0 Å². The van der Waals surface area contributed by atoms with E-state index in [1.54, 1.807) is 0 Å². The molecule has 2 aliphatic rings. The van der Waals surface area contributed by atoms with E-state index in [9.17, 15) is 19.5 Å². The monoisotopic (exact) mass is 248 g/mol. The maximum absolute atomic E-state index is 11.9. The molecular weight excluding hydrogens is 232 g/mol. The molecule has 1 unspecified atom stereocenters. The van der Waals surface area contributed by atoms with Gasteiger partial charge in [-0.2, -0.15) is 0 Å². The summed E-state index contributed by atoms with van der Waals surface area (Å²) in [7, 11) is 0. The third-order valence-electron chi connectivity index (χ3n) is 3.67. The maximum atomic E-state index is 11.9. The van der Waals surface area contributed by atoms with Crippen LogP contribution in [0, 0.1) is 5.92 Å². The fourth-order valence-corrected chi connectivity index (χ4v) is 2.92. The van der Waals surface area contributed by atoms with Crippen molar-refractivity contribution in [1.82, 2.24) is 0 Å². The van der Waals surface area contributed by atoms with E-state index in [0.717, 1.165) is 0 Å². The zero-order chi connectivity index (χ0) is 13.4. The fraction of sp³-hybridized carbons (Fsp3) is 0.500. The van der Waals surface area contributed by atoms with Crippen molar-refractivity contribution in [3.63, 3.8) is 0 Å². The van der Waals surface area contributed by atoms with E-state index in [2.05, 4.69) is 0 Å². The number of hydrogen-bond donors (Lipinski definition) is 1. The van der Waals surface area contributed by atoms with Crippen molar-refractivity contribution in [2.45, 2.75) is 39.5 Å². The van der Waals surface area contributed by atoms with Gasteiger partial charge in [-0.1, -0.05) is 0 Å². The molecule has 18 heavy (non-hydrogen) atoms. The minimum atomic E-state index is -0.312. The first-order chi connectivity index (χ1) is 8.43. The number of aliphatic hydroxyl groups is 1. The molecule has 0 aromatic carbocycles. The summed E-state index contributed by atoms with van der Waals surface area (Å²) in [6.45, 7) is 2.70. The molecular formula is C14H16O4. The zero-order valence-electron chi connectivity index (χ0n) is 10.6. The minimum absolute atomic E-state index is 0.0159. The molecule has 0 spiro atoms. The molecule has 0 saturated carbocycles. The van der Waals surface area contributed by atoms with Crippen LogP contribution in [0.1, 0.15) is 39.5 Å². The second kappa shape index (κ2) is 4.52. The number of aliphatic hydroxyl groups excluding tert-OH is 1. The third kappa shape index (κ3) is 1.92. The lowest BCUT2D eigenvalue weighted by Crippen LogP contribution is -2.29. The maximum Gasteiger partial charge on any atom is 0.166 e. The fourth-order valence-electron chi connectivity index (χ4n) is 2.92. The van der Waals surface area contributed by atoms with Crippen LogP contribution in [0.4, 0.5) is 0 Å². The van der Waals surface area contributed by atoms with Gasteiger partial charge in [0.2, 0.25) is 0 Å². The van der Waals surface area contributed by atoms with Gasteiger partial charge in [-0.25, -0.2) is 0 Å². The van der Waals surface area contributed by atoms with Crippen LogP contribution >= 0.6 is 0 Å². The predicted molar refractivity (Wildman–Crippen MR) is 65.0 cm³/mol. The number of carbonyl (C=O) groups is 3. The summed E-state index contributed by atoms with van der Waals surface area (Å²) in [5.74, 6) is -0.727. The van der Waals surface area contributed by atoms with Gasteiger partial charge < -0.3 is 5.11 Å². The van der Waals surface area contributed by atoms with Crippen molar-refractivity contribution >= 4 is 17.3 Å². The lowest BCUT2D eigenvalue weighted by atomic mass is 9.71. The zero-order valence-corrected chi connectivity index (χ0v) is 10.6. The number of ketones is 3. The number of fused-ring (bicyclic) bond motifs is 1. The summed E-state index contributed by atoms with van der Waals surface area (Å²) in [6, 6.07) is 0. The molecule has 0 heterocycles. The Morgan fingerprint density at radius 2 is 1.61 bits per heavy atom. The lowest BCUT2D eigenvalue weighted by molar-refractivity contribution is -0.121. The summed E-state index contributed by atoms with van der Waals surface area (Å²) in [4.78, 5) is 35.2. The van der Waals surface area contributed by atoms with Crippen molar-refractivity contribution in [2.24, 2.45) is 5.92 Å². The quantitative estimate of drug-likeness (QED) is 0.759. The molecule has 0 radical (unpaired) electrons. The summed E-state index contributed by atoms with van der Waals surface area (Å²) in [6.07, 6.45) is 2.16. The van der Waals surface area contributed by atoms with Crippen LogP contribution in [0.3, 0.4) is 0 Å². The molecule has 1 atom stereocenters. The van der Waals surface area contributed by atoms with E-state index < -0.39 is 0 Å². The van der Waals surface area contributed by atoms with Gasteiger partial charge in [0.05, 0.1) is 11.1 Å². The number of hydrogen-bond acceptors (Lipinski definition) is 4. The minimum Gasteiger partial charge on any atom is -0.512 e. The molecule has 2 rings (SSSR count). The highest BCUT2D eigenvalue weighted by molar-refractivity contribution is 6.22. The van der Waals surface area contributed by atoms with Crippen LogP contribution in [0.25, 0.3) is 0 Å². The van der Waals surface area contributed by atoms with Gasteiger partial charge >= 0.3 is 0 Å². The van der Waals surface area contributed by atoms with Crippen LogP contribution in [0.2, 0.25) is 0 Å². The molecule has 0 amide bonds. The summed E-state index contributed by atoms with van der Waals surface area (Å²) in [5, 5.41) is 9.87. The second-order valence-corrected chi connectivity index (χ2v) is 4.92. The summed E-state index contributed by atoms with van der Waals surface area (Å²) >= 11 is 0. The standard InChI is InChI=1S/C14H16O4/c1-7(15)12-10(17)5-3-9-4-6-11(18)13(8(2)16)14(9)12/h9,17H,3-6H2,1-2H3. The van der Waals surface area contributed by atoms with Gasteiger partial charge in [-0.05, 0) is 38.2 Å². The van der Waals surface area contributed by atoms with Crippen molar-refractivity contribution < 1.29 is 19.5 Å². The first-order valence-electron chi connectivity index (χ1n) is 6.15. The molecule has 2 aliphatic carbocycles. The van der Waals surface area contributed by atoms with E-state index >= 15 is 0 Å². The van der Waals surface area contributed by atoms with Gasteiger partial charge in [0.25, 0.3) is 0 Å². The Kier molecular flexibility index (Phi) is 3.20. The lowest BCUT2D eigenvalue weighted by Gasteiger charge is -2.32. The first-order valence-corrected chi connectivity index (χ1v) is 6.15. The van der Waals surface area contributed by atoms with Crippen molar-refractivity contribution in [2.75, 3.05) is 0 Å². The van der Waals surface area contributed by atoms with Gasteiger partial charge in [0.15, 0.2) is 17.3 Å². The normalized spacial score (nSPS) is 24.1. The van der Waals surface area contributed by atoms with Gasteiger partial charge in [-0.3, -0.25) is 14.4 Å². The molecule has 0 saturated heterocycles. The van der Waals surface area contributed by atoms with Crippen LogP contribution in [0.15, 0.2) is 22.5 Å². The molecule has 0 aromatic heterocycles. The SMILES string of the molecule is CC(=O)C1=C(O)CCC2CCC(=O)C(C(C)=O)=C12. The topological polar surface area (TPSA) is 71.4 Å². The molecule has 0 aliphatic heterocycles. The molecule has 1 N–H and O–H groups in total. The second-order valence-electron chi connectivity index (χ2n) is 4.92. The van der Waals surface area contributed by atoms with Crippen LogP contribution in [0.5, 0.6) is 0 Å². The van der Waals surface area contributed by atoms with Gasteiger partial charge in [0.1, 0.15) is 5.76 Å². The molecule has 4 heteroatoms.